The standard InChI is InChI=1S/C14H16F3N7O/c1-7(3-15)21-14-22-13-11(25-8(2)12(16)17)10(9-4-19-20-5-9)18-6-24(13)23-14/h4-8,12H,3H2,1-2H3,(H,19,20)(H,21,23)/t7-,8?/m0/s1. The van der Waals surface area contributed by atoms with Crippen molar-refractivity contribution in [3.05, 3.63) is 18.7 Å². The second kappa shape index (κ2) is 6.95. The fourth-order valence-corrected chi connectivity index (χ4v) is 2.09. The Morgan fingerprint density at radius 2 is 2.16 bits per heavy atom. The lowest BCUT2D eigenvalue weighted by atomic mass is 10.2. The van der Waals surface area contributed by atoms with Gasteiger partial charge in [0.05, 0.1) is 12.2 Å². The first kappa shape index (κ1) is 17.0. The Balaban J connectivity index is 2.09. The number of nitrogens with one attached hydrogen (secondary N) is 2. The van der Waals surface area contributed by atoms with E-state index in [2.05, 4.69) is 30.6 Å². The van der Waals surface area contributed by atoms with Gasteiger partial charge in [-0.1, -0.05) is 0 Å². The molecule has 0 saturated heterocycles. The third-order valence-electron chi connectivity index (χ3n) is 3.38. The molecule has 0 aliphatic heterocycles. The van der Waals surface area contributed by atoms with Crippen molar-refractivity contribution < 1.29 is 17.9 Å². The highest BCUT2D eigenvalue weighted by atomic mass is 19.3. The van der Waals surface area contributed by atoms with Gasteiger partial charge < -0.3 is 10.1 Å². The summed E-state index contributed by atoms with van der Waals surface area (Å²) in [7, 11) is 0. The fraction of sp³-hybridized carbons (Fsp3) is 0.429. The predicted octanol–water partition coefficient (Wildman–Crippen LogP) is 2.32. The number of fused-ring (bicyclic) bond motifs is 1. The number of hydrogen-bond acceptors (Lipinski definition) is 6. The van der Waals surface area contributed by atoms with E-state index < -0.39 is 25.2 Å². The molecule has 2 N–H and O–H groups in total. The summed E-state index contributed by atoms with van der Waals surface area (Å²) in [6, 6.07) is -0.497. The molecule has 0 bridgehead atoms. The van der Waals surface area contributed by atoms with Gasteiger partial charge in [0.1, 0.15) is 18.7 Å². The zero-order chi connectivity index (χ0) is 18.0. The van der Waals surface area contributed by atoms with Gasteiger partial charge in [0.2, 0.25) is 11.6 Å². The molecule has 3 rings (SSSR count). The van der Waals surface area contributed by atoms with Gasteiger partial charge in [-0.3, -0.25) is 5.10 Å². The van der Waals surface area contributed by atoms with Gasteiger partial charge in [0.15, 0.2) is 11.9 Å². The molecule has 0 saturated carbocycles. The summed E-state index contributed by atoms with van der Waals surface area (Å²) in [5.74, 6) is 0.191. The molecule has 0 aromatic carbocycles. The molecule has 2 atom stereocenters. The summed E-state index contributed by atoms with van der Waals surface area (Å²) in [4.78, 5) is 8.42. The highest BCUT2D eigenvalue weighted by Gasteiger charge is 2.24. The summed E-state index contributed by atoms with van der Waals surface area (Å²) >= 11 is 0. The Bertz CT molecular complexity index is 836. The molecule has 0 aliphatic carbocycles. The minimum atomic E-state index is -2.69. The molecule has 0 radical (unpaired) electrons. The van der Waals surface area contributed by atoms with E-state index in [0.717, 1.165) is 0 Å². The van der Waals surface area contributed by atoms with Gasteiger partial charge in [0.25, 0.3) is 6.43 Å². The third kappa shape index (κ3) is 3.49. The lowest BCUT2D eigenvalue weighted by molar-refractivity contribution is 0.0233. The number of rotatable bonds is 7. The smallest absolute Gasteiger partial charge is 0.274 e. The van der Waals surface area contributed by atoms with Crippen LogP contribution in [-0.4, -0.2) is 55.0 Å². The van der Waals surface area contributed by atoms with Gasteiger partial charge in [-0.25, -0.2) is 18.2 Å². The van der Waals surface area contributed by atoms with E-state index in [-0.39, 0.29) is 17.3 Å². The maximum absolute atomic E-state index is 13.0. The zero-order valence-electron chi connectivity index (χ0n) is 13.4. The van der Waals surface area contributed by atoms with E-state index >= 15 is 0 Å². The minimum Gasteiger partial charge on any atom is -0.478 e. The molecule has 3 heterocycles. The van der Waals surface area contributed by atoms with Crippen LogP contribution in [-0.2, 0) is 0 Å². The van der Waals surface area contributed by atoms with Crippen molar-refractivity contribution >= 4 is 11.6 Å². The molecular weight excluding hydrogens is 339 g/mol. The topological polar surface area (TPSA) is 93.0 Å². The largest absolute Gasteiger partial charge is 0.478 e. The molecule has 3 aromatic heterocycles. The van der Waals surface area contributed by atoms with Gasteiger partial charge in [-0.05, 0) is 13.8 Å². The van der Waals surface area contributed by atoms with Gasteiger partial charge >= 0.3 is 0 Å². The van der Waals surface area contributed by atoms with E-state index in [1.54, 1.807) is 13.1 Å². The molecule has 134 valence electrons. The first-order valence-electron chi connectivity index (χ1n) is 7.51. The Hall–Kier alpha value is -2.85. The van der Waals surface area contributed by atoms with Crippen LogP contribution < -0.4 is 10.1 Å². The first-order chi connectivity index (χ1) is 12.0. The molecular formula is C14H16F3N7O. The van der Waals surface area contributed by atoms with Crippen molar-refractivity contribution in [2.75, 3.05) is 12.0 Å². The van der Waals surface area contributed by atoms with Crippen molar-refractivity contribution in [1.82, 2.24) is 29.8 Å². The van der Waals surface area contributed by atoms with Gasteiger partial charge in [0, 0.05) is 11.8 Å². The van der Waals surface area contributed by atoms with Crippen LogP contribution in [0.4, 0.5) is 19.1 Å². The number of ether oxygens (including phenoxy) is 1. The lowest BCUT2D eigenvalue weighted by Crippen LogP contribution is -2.22. The molecule has 0 aliphatic rings. The number of halogens is 3. The van der Waals surface area contributed by atoms with Crippen LogP contribution in [0.3, 0.4) is 0 Å². The van der Waals surface area contributed by atoms with Crippen LogP contribution in [0, 0.1) is 0 Å². The van der Waals surface area contributed by atoms with E-state index in [0.29, 0.717) is 11.3 Å². The van der Waals surface area contributed by atoms with Crippen LogP contribution in [0.25, 0.3) is 16.9 Å². The number of alkyl halides is 3. The van der Waals surface area contributed by atoms with Gasteiger partial charge in [-0.15, -0.1) is 5.10 Å². The van der Waals surface area contributed by atoms with Crippen LogP contribution in [0.5, 0.6) is 5.75 Å². The molecule has 1 unspecified atom stereocenters. The van der Waals surface area contributed by atoms with E-state index in [4.69, 9.17) is 4.74 Å². The van der Waals surface area contributed by atoms with Crippen LogP contribution in [0.15, 0.2) is 18.7 Å². The molecule has 8 nitrogen and oxygen atoms in total. The Kier molecular flexibility index (Phi) is 4.72. The van der Waals surface area contributed by atoms with Crippen molar-refractivity contribution in [2.24, 2.45) is 0 Å². The number of H-pyrrole nitrogens is 1. The highest BCUT2D eigenvalue weighted by molar-refractivity contribution is 5.73. The van der Waals surface area contributed by atoms with Crippen LogP contribution >= 0.6 is 0 Å². The Morgan fingerprint density at radius 3 is 2.80 bits per heavy atom. The van der Waals surface area contributed by atoms with Gasteiger partial charge in [-0.2, -0.15) is 14.6 Å². The number of anilines is 1. The van der Waals surface area contributed by atoms with Crippen LogP contribution in [0.1, 0.15) is 13.8 Å². The number of aromatic nitrogens is 6. The quantitative estimate of drug-likeness (QED) is 0.676. The monoisotopic (exact) mass is 355 g/mol. The number of aromatic amines is 1. The second-order valence-corrected chi connectivity index (χ2v) is 5.47. The molecule has 0 amide bonds. The molecule has 0 spiro atoms. The second-order valence-electron chi connectivity index (χ2n) is 5.47. The number of hydrogen-bond donors (Lipinski definition) is 2. The SMILES string of the molecule is CC(Oc1c(-c2cn[nH]c2)ncn2nc(N[C@@H](C)CF)nc12)C(F)F. The van der Waals surface area contributed by atoms with Crippen molar-refractivity contribution in [3.63, 3.8) is 0 Å². The van der Waals surface area contributed by atoms with Crippen LogP contribution in [0.2, 0.25) is 0 Å². The predicted molar refractivity (Wildman–Crippen MR) is 83.5 cm³/mol. The normalized spacial score (nSPS) is 14.0. The maximum Gasteiger partial charge on any atom is 0.274 e. The minimum absolute atomic E-state index is 0.0464. The van der Waals surface area contributed by atoms with Crippen molar-refractivity contribution in [2.45, 2.75) is 32.4 Å². The average Bonchev–Trinajstić information content (AvgIpc) is 3.24. The average molecular weight is 355 g/mol. The summed E-state index contributed by atoms with van der Waals surface area (Å²) in [6.07, 6.45) is 0.343. The molecule has 3 aromatic rings. The summed E-state index contributed by atoms with van der Waals surface area (Å²) < 4.78 is 45.3. The van der Waals surface area contributed by atoms with Crippen molar-refractivity contribution in [3.8, 4) is 17.0 Å². The summed E-state index contributed by atoms with van der Waals surface area (Å²) in [5.41, 5.74) is 1.03. The fourth-order valence-electron chi connectivity index (χ4n) is 2.09. The first-order valence-corrected chi connectivity index (χ1v) is 7.51. The molecule has 0 fully saturated rings. The number of nitrogens with zero attached hydrogens (tertiary/aromatic N) is 5. The maximum atomic E-state index is 13.0. The lowest BCUT2D eigenvalue weighted by Gasteiger charge is -2.15. The summed E-state index contributed by atoms with van der Waals surface area (Å²) in [6.45, 7) is 2.25. The van der Waals surface area contributed by atoms with Crippen molar-refractivity contribution in [1.29, 1.82) is 0 Å². The van der Waals surface area contributed by atoms with E-state index in [1.165, 1.54) is 24.0 Å². The molecule has 11 heteroatoms. The van der Waals surface area contributed by atoms with E-state index in [9.17, 15) is 13.2 Å². The Morgan fingerprint density at radius 1 is 1.36 bits per heavy atom. The zero-order valence-corrected chi connectivity index (χ0v) is 13.4. The van der Waals surface area contributed by atoms with E-state index in [1.807, 2.05) is 0 Å². The summed E-state index contributed by atoms with van der Waals surface area (Å²) in [5, 5.41) is 13.3. The highest BCUT2D eigenvalue weighted by Crippen LogP contribution is 2.32. The molecule has 25 heavy (non-hydrogen) atoms. The third-order valence-corrected chi connectivity index (χ3v) is 3.38. The Labute approximate surface area is 140 Å².